The van der Waals surface area contributed by atoms with E-state index in [2.05, 4.69) is 0 Å². The number of hydrogen-bond donors (Lipinski definition) is 1. The molecule has 35 heavy (non-hydrogen) atoms. The van der Waals surface area contributed by atoms with E-state index in [1.165, 1.54) is 34.9 Å². The number of Topliss-reactive ketones (excluding diaryl/α,β-unsaturated/α-hetero) is 2. The highest BCUT2D eigenvalue weighted by Crippen LogP contribution is 2.40. The highest BCUT2D eigenvalue weighted by Gasteiger charge is 2.37. The van der Waals surface area contributed by atoms with Crippen LogP contribution in [0.4, 0.5) is 11.4 Å². The van der Waals surface area contributed by atoms with Crippen molar-refractivity contribution in [3.05, 3.63) is 51.6 Å². The molecule has 3 aromatic rings. The summed E-state index contributed by atoms with van der Waals surface area (Å²) >= 11 is 12.1. The van der Waals surface area contributed by atoms with Crippen LogP contribution in [0.2, 0.25) is 10.0 Å². The molecule has 1 aromatic heterocycles. The van der Waals surface area contributed by atoms with Gasteiger partial charge in [-0.1, -0.05) is 23.2 Å². The second-order valence-electron chi connectivity index (χ2n) is 9.07. The van der Waals surface area contributed by atoms with Gasteiger partial charge in [0.1, 0.15) is 17.8 Å². The number of carbonyl (C=O) groups is 3. The fourth-order valence-corrected chi connectivity index (χ4v) is 6.14. The highest BCUT2D eigenvalue weighted by molar-refractivity contribution is 7.92. The predicted octanol–water partition coefficient (Wildman–Crippen LogP) is 3.98. The molecule has 9 nitrogen and oxygen atoms in total. The number of fused-ring (bicyclic) bond motifs is 1. The monoisotopic (exact) mass is 537 g/mol. The van der Waals surface area contributed by atoms with Crippen molar-refractivity contribution >= 4 is 73.0 Å². The fraction of sp³-hybridized carbons (Fsp3) is 0.261. The smallest absolute Gasteiger partial charge is 0.327 e. The molecule has 12 heteroatoms. The number of sulfonamides is 1. The van der Waals surface area contributed by atoms with Crippen LogP contribution in [0.25, 0.3) is 10.9 Å². The number of anilines is 2. The summed E-state index contributed by atoms with van der Waals surface area (Å²) in [6.45, 7) is 4.21. The fourth-order valence-electron chi connectivity index (χ4n) is 4.02. The Morgan fingerprint density at radius 2 is 1.66 bits per heavy atom. The number of carbonyl (C=O) groups excluding carboxylic acids is 3. The van der Waals surface area contributed by atoms with Gasteiger partial charge in [-0.05, 0) is 51.1 Å². The van der Waals surface area contributed by atoms with E-state index >= 15 is 0 Å². The molecule has 0 radical (unpaired) electrons. The normalized spacial score (nSPS) is 13.5. The van der Waals surface area contributed by atoms with Crippen LogP contribution >= 0.6 is 23.2 Å². The minimum atomic E-state index is -4.44. The van der Waals surface area contributed by atoms with Gasteiger partial charge in [-0.15, -0.1) is 0 Å². The maximum absolute atomic E-state index is 13.7. The Bertz CT molecular complexity index is 1530. The minimum Gasteiger partial charge on any atom is -0.459 e. The van der Waals surface area contributed by atoms with Crippen LogP contribution in [-0.2, 0) is 26.6 Å². The van der Waals surface area contributed by atoms with Crippen molar-refractivity contribution in [3.63, 3.8) is 0 Å². The summed E-state index contributed by atoms with van der Waals surface area (Å²) < 4.78 is 35.0. The summed E-state index contributed by atoms with van der Waals surface area (Å²) in [4.78, 5) is 37.9. The summed E-state index contributed by atoms with van der Waals surface area (Å²) in [7, 11) is -2.89. The van der Waals surface area contributed by atoms with E-state index in [9.17, 15) is 22.8 Å². The first-order chi connectivity index (χ1) is 16.1. The van der Waals surface area contributed by atoms with Crippen molar-refractivity contribution in [2.75, 3.05) is 16.6 Å². The number of benzene rings is 2. The van der Waals surface area contributed by atoms with E-state index in [4.69, 9.17) is 33.7 Å². The number of ether oxygens (including phenoxy) is 1. The number of aryl methyl sites for hydroxylation is 1. The van der Waals surface area contributed by atoms with E-state index in [0.717, 1.165) is 4.31 Å². The molecule has 0 fully saturated rings. The van der Waals surface area contributed by atoms with E-state index in [1.807, 2.05) is 0 Å². The minimum absolute atomic E-state index is 0.0258. The first kappa shape index (κ1) is 25.0. The number of nitrogens with two attached hydrogens (primary N) is 1. The van der Waals surface area contributed by atoms with Crippen LogP contribution < -0.4 is 10.0 Å². The lowest BCUT2D eigenvalue weighted by Gasteiger charge is -2.27. The van der Waals surface area contributed by atoms with Gasteiger partial charge in [0.15, 0.2) is 0 Å². The van der Waals surface area contributed by atoms with Crippen LogP contribution in [-0.4, -0.2) is 42.7 Å². The lowest BCUT2D eigenvalue weighted by Crippen LogP contribution is -2.39. The lowest BCUT2D eigenvalue weighted by atomic mass is 9.95. The molecule has 0 saturated carbocycles. The Morgan fingerprint density at radius 1 is 1.06 bits per heavy atom. The Kier molecular flexibility index (Phi) is 5.90. The van der Waals surface area contributed by atoms with Gasteiger partial charge in [-0.3, -0.25) is 18.7 Å². The molecule has 4 rings (SSSR count). The van der Waals surface area contributed by atoms with E-state index in [0.29, 0.717) is 10.9 Å². The molecule has 1 aliphatic rings. The Hall–Kier alpha value is -3.08. The van der Waals surface area contributed by atoms with Crippen molar-refractivity contribution in [1.82, 2.24) is 4.57 Å². The number of esters is 1. The zero-order chi connectivity index (χ0) is 26.0. The predicted molar refractivity (Wildman–Crippen MR) is 133 cm³/mol. The molecule has 2 aromatic carbocycles. The molecule has 0 amide bonds. The van der Waals surface area contributed by atoms with Gasteiger partial charge in [0.2, 0.25) is 5.78 Å². The molecule has 1 heterocycles. The molecule has 184 valence electrons. The molecule has 2 N–H and O–H groups in total. The highest BCUT2D eigenvalue weighted by atomic mass is 35.5. The van der Waals surface area contributed by atoms with E-state index in [-0.39, 0.29) is 37.6 Å². The van der Waals surface area contributed by atoms with Crippen LogP contribution in [0.3, 0.4) is 0 Å². The number of rotatable bonds is 5. The van der Waals surface area contributed by atoms with Gasteiger partial charge in [0.25, 0.3) is 15.8 Å². The SMILES string of the molecule is Cn1c2c(N)c3c(cc(N(CC(=O)OC(C)(C)C)S(=O)(=O)c4cc(Cl)cc(Cl)c4)cc31)C(=O)C2=O. The molecule has 0 atom stereocenters. The molecular weight excluding hydrogens is 517 g/mol. The second kappa shape index (κ2) is 8.25. The van der Waals surface area contributed by atoms with Crippen molar-refractivity contribution < 1.29 is 27.5 Å². The molecule has 0 spiro atoms. The van der Waals surface area contributed by atoms with Crippen LogP contribution in [0.1, 0.15) is 41.6 Å². The Morgan fingerprint density at radius 3 is 2.23 bits per heavy atom. The third-order valence-electron chi connectivity index (χ3n) is 5.39. The third kappa shape index (κ3) is 4.26. The van der Waals surface area contributed by atoms with Crippen molar-refractivity contribution in [2.24, 2.45) is 7.05 Å². The summed E-state index contributed by atoms with van der Waals surface area (Å²) in [5, 5.41) is 0.488. The quantitative estimate of drug-likeness (QED) is 0.384. The van der Waals surface area contributed by atoms with Gasteiger partial charge in [-0.25, -0.2) is 8.42 Å². The standard InChI is InChI=1S/C23H21Cl2N3O6S/c1-23(2,3)34-17(29)10-28(35(32,33)14-6-11(24)5-12(25)7-14)13-8-15-18-16(9-13)27(4)20(19(18)26)22(31)21(15)30/h5-9H,10,26H2,1-4H3. The second-order valence-corrected chi connectivity index (χ2v) is 11.8. The van der Waals surface area contributed by atoms with Gasteiger partial charge in [-0.2, -0.15) is 0 Å². The van der Waals surface area contributed by atoms with E-state index in [1.54, 1.807) is 27.8 Å². The van der Waals surface area contributed by atoms with Crippen molar-refractivity contribution in [3.8, 4) is 0 Å². The number of aromatic nitrogens is 1. The molecule has 0 aliphatic heterocycles. The van der Waals surface area contributed by atoms with Gasteiger partial charge in [0.05, 0.1) is 21.8 Å². The zero-order valence-electron chi connectivity index (χ0n) is 19.2. The first-order valence-electron chi connectivity index (χ1n) is 10.3. The maximum Gasteiger partial charge on any atom is 0.327 e. The van der Waals surface area contributed by atoms with Crippen LogP contribution in [0.5, 0.6) is 0 Å². The van der Waals surface area contributed by atoms with E-state index < -0.39 is 39.7 Å². The summed E-state index contributed by atoms with van der Waals surface area (Å²) in [5.74, 6) is -2.45. The molecule has 2 bridgehead atoms. The number of nitrogen functional groups attached to an aromatic ring is 1. The number of hydrogen-bond acceptors (Lipinski definition) is 7. The maximum atomic E-state index is 13.7. The topological polar surface area (TPSA) is 129 Å². The molecule has 0 unspecified atom stereocenters. The molecular formula is C23H21Cl2N3O6S. The Balaban J connectivity index is 1.95. The zero-order valence-corrected chi connectivity index (χ0v) is 21.5. The lowest BCUT2D eigenvalue weighted by molar-refractivity contribution is -0.152. The largest absolute Gasteiger partial charge is 0.459 e. The van der Waals surface area contributed by atoms with Gasteiger partial charge < -0.3 is 15.0 Å². The summed E-state index contributed by atoms with van der Waals surface area (Å²) in [5.41, 5.74) is 5.65. The van der Waals surface area contributed by atoms with Crippen molar-refractivity contribution in [2.45, 2.75) is 31.3 Å². The Labute approximate surface area is 211 Å². The number of ketones is 2. The van der Waals surface area contributed by atoms with Crippen molar-refractivity contribution in [1.29, 1.82) is 0 Å². The van der Waals surface area contributed by atoms with Crippen LogP contribution in [0, 0.1) is 0 Å². The van der Waals surface area contributed by atoms with Gasteiger partial charge in [0, 0.05) is 28.0 Å². The number of nitrogens with zero attached hydrogens (tertiary/aromatic N) is 2. The average molecular weight is 538 g/mol. The third-order valence-corrected chi connectivity index (χ3v) is 7.58. The molecule has 1 aliphatic carbocycles. The van der Waals surface area contributed by atoms with Gasteiger partial charge >= 0.3 is 5.97 Å². The molecule has 0 saturated heterocycles. The number of halogens is 2. The first-order valence-corrected chi connectivity index (χ1v) is 12.5. The summed E-state index contributed by atoms with van der Waals surface area (Å²) in [6.07, 6.45) is 0. The van der Waals surface area contributed by atoms with Crippen LogP contribution in [0.15, 0.2) is 35.2 Å². The summed E-state index contributed by atoms with van der Waals surface area (Å²) in [6, 6.07) is 6.42. The average Bonchev–Trinajstić information content (AvgIpc) is 2.95.